The smallest absolute Gasteiger partial charge is 0.143 e. The highest BCUT2D eigenvalue weighted by atomic mass is 79.9. The van der Waals surface area contributed by atoms with E-state index in [0.717, 1.165) is 12.1 Å². The highest BCUT2D eigenvalue weighted by Gasteiger charge is 2.14. The molecule has 0 aliphatic rings. The quantitative estimate of drug-likeness (QED) is 0.753. The van der Waals surface area contributed by atoms with Crippen molar-refractivity contribution in [2.45, 2.75) is 0 Å². The maximum absolute atomic E-state index is 12.9. The van der Waals surface area contributed by atoms with E-state index >= 15 is 0 Å². The molecule has 0 saturated heterocycles. The van der Waals surface area contributed by atoms with Crippen LogP contribution in [0.25, 0.3) is 0 Å². The Labute approximate surface area is 80.9 Å². The summed E-state index contributed by atoms with van der Waals surface area (Å²) < 4.78 is 41.4. The Morgan fingerprint density at radius 1 is 1.38 bits per heavy atom. The van der Waals surface area contributed by atoms with Crippen LogP contribution in [0.4, 0.5) is 19.0 Å². The monoisotopic (exact) mass is 255 g/mol. The lowest BCUT2D eigenvalue weighted by Crippen LogP contribution is -1.99. The fraction of sp³-hybridized carbons (Fsp3) is 0.143. The number of hydrogen-bond acceptors (Lipinski definition) is 2. The average molecular weight is 256 g/mol. The fourth-order valence-electron chi connectivity index (χ4n) is 0.791. The Hall–Kier alpha value is -0.910. The molecule has 13 heavy (non-hydrogen) atoms. The summed E-state index contributed by atoms with van der Waals surface area (Å²) in [6.07, 6.45) is 0. The third-order valence-corrected chi connectivity index (χ3v) is 2.19. The van der Waals surface area contributed by atoms with E-state index in [4.69, 9.17) is 0 Å². The Morgan fingerprint density at radius 2 is 2.00 bits per heavy atom. The number of anilines is 1. The second kappa shape index (κ2) is 3.87. The molecule has 2 nitrogen and oxygen atoms in total. The molecular formula is C7H5BrF3NO. The summed E-state index contributed by atoms with van der Waals surface area (Å²) in [7, 11) is 1.27. The summed E-state index contributed by atoms with van der Waals surface area (Å²) >= 11 is 2.69. The minimum atomic E-state index is -1.18. The molecule has 0 N–H and O–H groups in total. The van der Waals surface area contributed by atoms with E-state index in [1.54, 1.807) is 0 Å². The molecule has 72 valence electrons. The number of nitrogens with zero attached hydrogens (tertiary/aromatic N) is 1. The first-order chi connectivity index (χ1) is 6.06. The molecule has 0 unspecified atom stereocenters. The molecule has 0 aliphatic heterocycles. The van der Waals surface area contributed by atoms with Crippen LogP contribution in [0.15, 0.2) is 16.6 Å². The normalized spacial score (nSPS) is 9.92. The van der Waals surface area contributed by atoms with Gasteiger partial charge in [0.25, 0.3) is 0 Å². The molecule has 0 saturated carbocycles. The number of hydrogen-bond donors (Lipinski definition) is 0. The summed E-state index contributed by atoms with van der Waals surface area (Å²) in [5, 5.41) is -1.18. The van der Waals surface area contributed by atoms with E-state index in [-0.39, 0.29) is 10.2 Å². The first-order valence-corrected chi connectivity index (χ1v) is 4.00. The van der Waals surface area contributed by atoms with Gasteiger partial charge in [-0.25, -0.2) is 4.39 Å². The van der Waals surface area contributed by atoms with Crippen molar-refractivity contribution in [1.82, 2.24) is 0 Å². The molecule has 0 radical (unpaired) electrons. The summed E-state index contributed by atoms with van der Waals surface area (Å²) in [6, 6.07) is 2.03. The maximum atomic E-state index is 12.9. The van der Waals surface area contributed by atoms with Crippen molar-refractivity contribution in [3.63, 3.8) is 0 Å². The van der Waals surface area contributed by atoms with Gasteiger partial charge < -0.3 is 4.74 Å². The van der Waals surface area contributed by atoms with Gasteiger partial charge in [-0.3, -0.25) is 0 Å². The SMILES string of the molecule is COc1cc(F)c(Br)c(N(F)F)c1. The predicted molar refractivity (Wildman–Crippen MR) is 45.3 cm³/mol. The van der Waals surface area contributed by atoms with Crippen LogP contribution in [0.3, 0.4) is 0 Å². The van der Waals surface area contributed by atoms with E-state index in [9.17, 15) is 13.4 Å². The van der Waals surface area contributed by atoms with Crippen LogP contribution in [0.1, 0.15) is 0 Å². The van der Waals surface area contributed by atoms with Gasteiger partial charge in [0, 0.05) is 12.1 Å². The van der Waals surface area contributed by atoms with E-state index in [0.29, 0.717) is 0 Å². The number of methoxy groups -OCH3 is 1. The van der Waals surface area contributed by atoms with Crippen molar-refractivity contribution in [2.24, 2.45) is 0 Å². The van der Waals surface area contributed by atoms with Crippen LogP contribution >= 0.6 is 15.9 Å². The summed E-state index contributed by atoms with van der Waals surface area (Å²) in [5.41, 5.74) is -0.572. The lowest BCUT2D eigenvalue weighted by atomic mass is 10.3. The zero-order valence-electron chi connectivity index (χ0n) is 6.52. The number of halogens is 4. The van der Waals surface area contributed by atoms with Gasteiger partial charge in [-0.15, -0.1) is 0 Å². The zero-order valence-corrected chi connectivity index (χ0v) is 8.11. The van der Waals surface area contributed by atoms with Crippen LogP contribution in [0, 0.1) is 5.82 Å². The van der Waals surface area contributed by atoms with Crippen LogP contribution in [0.5, 0.6) is 5.75 Å². The fourth-order valence-corrected chi connectivity index (χ4v) is 1.15. The van der Waals surface area contributed by atoms with Crippen molar-refractivity contribution in [1.29, 1.82) is 0 Å². The molecule has 0 atom stereocenters. The summed E-state index contributed by atoms with van der Waals surface area (Å²) in [5.74, 6) is -0.759. The van der Waals surface area contributed by atoms with E-state index in [1.165, 1.54) is 7.11 Å². The van der Waals surface area contributed by atoms with Crippen LogP contribution in [0.2, 0.25) is 0 Å². The lowest BCUT2D eigenvalue weighted by Gasteiger charge is -2.08. The average Bonchev–Trinajstić information content (AvgIpc) is 2.09. The molecular weight excluding hydrogens is 251 g/mol. The number of benzene rings is 1. The van der Waals surface area contributed by atoms with Crippen LogP contribution in [-0.4, -0.2) is 7.11 Å². The Balaban J connectivity index is 3.25. The lowest BCUT2D eigenvalue weighted by molar-refractivity contribution is 0.233. The number of rotatable bonds is 2. The first-order valence-electron chi connectivity index (χ1n) is 3.21. The Morgan fingerprint density at radius 3 is 2.46 bits per heavy atom. The van der Waals surface area contributed by atoms with E-state index in [1.807, 2.05) is 0 Å². The summed E-state index contributed by atoms with van der Waals surface area (Å²) in [4.78, 5) is 0. The molecule has 0 aromatic heterocycles. The van der Waals surface area contributed by atoms with Gasteiger partial charge in [-0.05, 0) is 21.3 Å². The first kappa shape index (κ1) is 10.2. The molecule has 1 rings (SSSR count). The molecule has 0 bridgehead atoms. The highest BCUT2D eigenvalue weighted by Crippen LogP contribution is 2.33. The van der Waals surface area contributed by atoms with Gasteiger partial charge in [-0.1, -0.05) is 8.96 Å². The molecule has 0 fully saturated rings. The van der Waals surface area contributed by atoms with E-state index in [2.05, 4.69) is 20.7 Å². The molecule has 0 aliphatic carbocycles. The largest absolute Gasteiger partial charge is 0.497 e. The zero-order chi connectivity index (χ0) is 10.0. The van der Waals surface area contributed by atoms with Gasteiger partial charge in [-0.2, -0.15) is 0 Å². The molecule has 0 amide bonds. The van der Waals surface area contributed by atoms with Gasteiger partial charge in [0.1, 0.15) is 17.3 Å². The molecule has 1 aromatic carbocycles. The van der Waals surface area contributed by atoms with Gasteiger partial charge in [0.2, 0.25) is 0 Å². The van der Waals surface area contributed by atoms with Crippen molar-refractivity contribution >= 4 is 21.6 Å². The van der Waals surface area contributed by atoms with Gasteiger partial charge in [0.05, 0.1) is 11.6 Å². The molecule has 0 spiro atoms. The highest BCUT2D eigenvalue weighted by molar-refractivity contribution is 9.10. The molecule has 1 aromatic rings. The second-order valence-electron chi connectivity index (χ2n) is 2.18. The minimum Gasteiger partial charge on any atom is -0.497 e. The van der Waals surface area contributed by atoms with Crippen molar-refractivity contribution in [3.05, 3.63) is 22.4 Å². The summed E-state index contributed by atoms with van der Waals surface area (Å²) in [6.45, 7) is 0. The third kappa shape index (κ3) is 2.06. The predicted octanol–water partition coefficient (Wildman–Crippen LogP) is 3.17. The molecule has 0 heterocycles. The third-order valence-electron chi connectivity index (χ3n) is 1.40. The van der Waals surface area contributed by atoms with Gasteiger partial charge >= 0.3 is 0 Å². The van der Waals surface area contributed by atoms with Crippen LogP contribution < -0.4 is 10.1 Å². The van der Waals surface area contributed by atoms with Gasteiger partial charge in [0.15, 0.2) is 0 Å². The second-order valence-corrected chi connectivity index (χ2v) is 2.97. The Bertz CT molecular complexity index is 319. The van der Waals surface area contributed by atoms with Crippen molar-refractivity contribution in [2.75, 3.05) is 12.5 Å². The topological polar surface area (TPSA) is 12.5 Å². The van der Waals surface area contributed by atoms with Crippen LogP contribution in [-0.2, 0) is 0 Å². The maximum Gasteiger partial charge on any atom is 0.143 e. The van der Waals surface area contributed by atoms with Crippen molar-refractivity contribution in [3.8, 4) is 5.75 Å². The minimum absolute atomic E-state index is 0.0380. The standard InChI is InChI=1S/C7H5BrF3NO/c1-13-4-2-5(9)7(8)6(3-4)12(10)11/h2-3H,1H3. The van der Waals surface area contributed by atoms with E-state index < -0.39 is 16.8 Å². The number of ether oxygens (including phenoxy) is 1. The Kier molecular flexibility index (Phi) is 3.02. The van der Waals surface area contributed by atoms with Crippen molar-refractivity contribution < 1.29 is 18.1 Å². The molecule has 6 heteroatoms.